The molecular weight excluding hydrogens is 233 g/mol. The number of nitrogen functional groups attached to an aromatic ring is 1. The molecule has 0 saturated heterocycles. The molecule has 4 heteroatoms. The minimum atomic E-state index is -0.397. The summed E-state index contributed by atoms with van der Waals surface area (Å²) in [6, 6.07) is 12.3. The van der Waals surface area contributed by atoms with Gasteiger partial charge < -0.3 is 10.5 Å². The maximum atomic E-state index is 12.7. The molecule has 0 aliphatic rings. The number of benzene rings is 2. The standard InChI is InChI=1S/C14H12FNO2/c15-11-3-7-13(8-4-11)18-14(17)9-10-1-5-12(16)6-2-10/h1-8H,9,16H2. The van der Waals surface area contributed by atoms with Gasteiger partial charge in [0, 0.05) is 5.69 Å². The maximum absolute atomic E-state index is 12.7. The molecule has 2 rings (SSSR count). The third-order valence-electron chi connectivity index (χ3n) is 2.37. The number of nitrogens with two attached hydrogens (primary N) is 1. The van der Waals surface area contributed by atoms with Crippen LogP contribution in [0.3, 0.4) is 0 Å². The highest BCUT2D eigenvalue weighted by atomic mass is 19.1. The molecule has 0 aliphatic heterocycles. The van der Waals surface area contributed by atoms with E-state index in [-0.39, 0.29) is 12.2 Å². The lowest BCUT2D eigenvalue weighted by Crippen LogP contribution is -2.11. The Morgan fingerprint density at radius 3 is 2.28 bits per heavy atom. The average molecular weight is 245 g/mol. The molecule has 0 fully saturated rings. The zero-order valence-electron chi connectivity index (χ0n) is 9.60. The fourth-order valence-corrected chi connectivity index (χ4v) is 1.47. The van der Waals surface area contributed by atoms with Crippen molar-refractivity contribution < 1.29 is 13.9 Å². The molecule has 2 aromatic rings. The Labute approximate surface area is 104 Å². The summed E-state index contributed by atoms with van der Waals surface area (Å²) in [6.07, 6.45) is 0.150. The Bertz CT molecular complexity index is 485. The first-order valence-corrected chi connectivity index (χ1v) is 5.44. The first-order valence-electron chi connectivity index (χ1n) is 5.44. The summed E-state index contributed by atoms with van der Waals surface area (Å²) < 4.78 is 17.7. The molecule has 3 nitrogen and oxygen atoms in total. The SMILES string of the molecule is Nc1ccc(CC(=O)Oc2ccc(F)cc2)cc1. The number of rotatable bonds is 3. The molecule has 0 heterocycles. The van der Waals surface area contributed by atoms with Gasteiger partial charge in [0.1, 0.15) is 11.6 Å². The van der Waals surface area contributed by atoms with Gasteiger partial charge in [0.15, 0.2) is 0 Å². The molecule has 0 bridgehead atoms. The second-order valence-electron chi connectivity index (χ2n) is 3.85. The van der Waals surface area contributed by atoms with E-state index in [4.69, 9.17) is 10.5 Å². The molecule has 0 spiro atoms. The van der Waals surface area contributed by atoms with Gasteiger partial charge in [-0.1, -0.05) is 12.1 Å². The second kappa shape index (κ2) is 5.31. The van der Waals surface area contributed by atoms with Crippen LogP contribution >= 0.6 is 0 Å². The lowest BCUT2D eigenvalue weighted by atomic mass is 10.1. The van der Waals surface area contributed by atoms with Crippen molar-refractivity contribution in [1.82, 2.24) is 0 Å². The predicted molar refractivity (Wildman–Crippen MR) is 66.6 cm³/mol. The van der Waals surface area contributed by atoms with Crippen molar-refractivity contribution in [2.24, 2.45) is 0 Å². The van der Waals surface area contributed by atoms with Crippen LogP contribution in [-0.4, -0.2) is 5.97 Å². The number of hydrogen-bond donors (Lipinski definition) is 1. The van der Waals surface area contributed by atoms with Crippen molar-refractivity contribution in [3.63, 3.8) is 0 Å². The van der Waals surface area contributed by atoms with Crippen LogP contribution in [0.15, 0.2) is 48.5 Å². The molecule has 0 amide bonds. The molecule has 0 aliphatic carbocycles. The second-order valence-corrected chi connectivity index (χ2v) is 3.85. The Balaban J connectivity index is 1.96. The maximum Gasteiger partial charge on any atom is 0.315 e. The molecular formula is C14H12FNO2. The normalized spacial score (nSPS) is 10.1. The zero-order chi connectivity index (χ0) is 13.0. The zero-order valence-corrected chi connectivity index (χ0v) is 9.60. The molecule has 0 saturated carbocycles. The van der Waals surface area contributed by atoms with Gasteiger partial charge in [-0.25, -0.2) is 4.39 Å². The Morgan fingerprint density at radius 2 is 1.67 bits per heavy atom. The summed E-state index contributed by atoms with van der Waals surface area (Å²) in [5, 5.41) is 0. The molecule has 92 valence electrons. The molecule has 0 unspecified atom stereocenters. The van der Waals surface area contributed by atoms with E-state index in [1.807, 2.05) is 0 Å². The topological polar surface area (TPSA) is 52.3 Å². The van der Waals surface area contributed by atoms with Gasteiger partial charge in [-0.3, -0.25) is 4.79 Å². The number of esters is 1. The minimum absolute atomic E-state index is 0.150. The summed E-state index contributed by atoms with van der Waals surface area (Å²) in [5.41, 5.74) is 7.00. The molecule has 2 N–H and O–H groups in total. The third kappa shape index (κ3) is 3.31. The summed E-state index contributed by atoms with van der Waals surface area (Å²) in [6.45, 7) is 0. The number of carbonyl (C=O) groups excluding carboxylic acids is 1. The number of halogens is 1. The molecule has 0 radical (unpaired) electrons. The Kier molecular flexibility index (Phi) is 3.57. The number of hydrogen-bond acceptors (Lipinski definition) is 3. The molecule has 0 aromatic heterocycles. The lowest BCUT2D eigenvalue weighted by molar-refractivity contribution is -0.133. The van der Waals surface area contributed by atoms with E-state index in [1.54, 1.807) is 24.3 Å². The van der Waals surface area contributed by atoms with E-state index in [1.165, 1.54) is 24.3 Å². The van der Waals surface area contributed by atoms with Crippen molar-refractivity contribution in [1.29, 1.82) is 0 Å². The summed E-state index contributed by atoms with van der Waals surface area (Å²) in [4.78, 5) is 11.6. The van der Waals surface area contributed by atoms with Gasteiger partial charge in [0.25, 0.3) is 0 Å². The van der Waals surface area contributed by atoms with E-state index in [9.17, 15) is 9.18 Å². The van der Waals surface area contributed by atoms with Crippen molar-refractivity contribution in [2.75, 3.05) is 5.73 Å². The number of ether oxygens (including phenoxy) is 1. The van der Waals surface area contributed by atoms with Crippen LogP contribution in [0.1, 0.15) is 5.56 Å². The Morgan fingerprint density at radius 1 is 1.06 bits per heavy atom. The molecule has 0 atom stereocenters. The fraction of sp³-hybridized carbons (Fsp3) is 0.0714. The predicted octanol–water partition coefficient (Wildman–Crippen LogP) is 2.56. The van der Waals surface area contributed by atoms with E-state index >= 15 is 0 Å². The van der Waals surface area contributed by atoms with E-state index in [2.05, 4.69) is 0 Å². The van der Waals surface area contributed by atoms with Crippen LogP contribution in [0.5, 0.6) is 5.75 Å². The molecule has 18 heavy (non-hydrogen) atoms. The summed E-state index contributed by atoms with van der Waals surface area (Å²) in [5.74, 6) is -0.434. The smallest absolute Gasteiger partial charge is 0.315 e. The van der Waals surface area contributed by atoms with E-state index < -0.39 is 5.97 Å². The average Bonchev–Trinajstić information content (AvgIpc) is 2.35. The summed E-state index contributed by atoms with van der Waals surface area (Å²) >= 11 is 0. The lowest BCUT2D eigenvalue weighted by Gasteiger charge is -2.04. The molecule has 2 aromatic carbocycles. The van der Waals surface area contributed by atoms with E-state index in [0.717, 1.165) is 5.56 Å². The van der Waals surface area contributed by atoms with Gasteiger partial charge >= 0.3 is 5.97 Å². The monoisotopic (exact) mass is 245 g/mol. The number of anilines is 1. The van der Waals surface area contributed by atoms with Crippen LogP contribution in [0.2, 0.25) is 0 Å². The quantitative estimate of drug-likeness (QED) is 0.513. The number of carbonyl (C=O) groups is 1. The Hall–Kier alpha value is -2.36. The van der Waals surface area contributed by atoms with Crippen molar-refractivity contribution >= 4 is 11.7 Å². The van der Waals surface area contributed by atoms with Gasteiger partial charge in [-0.05, 0) is 42.0 Å². The first kappa shape index (κ1) is 12.1. The fourth-order valence-electron chi connectivity index (χ4n) is 1.47. The van der Waals surface area contributed by atoms with Crippen LogP contribution in [0.4, 0.5) is 10.1 Å². The van der Waals surface area contributed by atoms with Crippen LogP contribution in [0, 0.1) is 5.82 Å². The largest absolute Gasteiger partial charge is 0.426 e. The highest BCUT2D eigenvalue weighted by Crippen LogP contribution is 2.13. The van der Waals surface area contributed by atoms with E-state index in [0.29, 0.717) is 11.4 Å². The van der Waals surface area contributed by atoms with Crippen molar-refractivity contribution in [2.45, 2.75) is 6.42 Å². The highest BCUT2D eigenvalue weighted by molar-refractivity contribution is 5.75. The first-order chi connectivity index (χ1) is 8.63. The van der Waals surface area contributed by atoms with Crippen LogP contribution in [0.25, 0.3) is 0 Å². The van der Waals surface area contributed by atoms with Crippen molar-refractivity contribution in [3.05, 3.63) is 59.9 Å². The van der Waals surface area contributed by atoms with Crippen LogP contribution < -0.4 is 10.5 Å². The van der Waals surface area contributed by atoms with Gasteiger partial charge in [-0.15, -0.1) is 0 Å². The van der Waals surface area contributed by atoms with Crippen LogP contribution in [-0.2, 0) is 11.2 Å². The summed E-state index contributed by atoms with van der Waals surface area (Å²) in [7, 11) is 0. The van der Waals surface area contributed by atoms with Gasteiger partial charge in [-0.2, -0.15) is 0 Å². The van der Waals surface area contributed by atoms with Gasteiger partial charge in [0.05, 0.1) is 6.42 Å². The minimum Gasteiger partial charge on any atom is -0.426 e. The highest BCUT2D eigenvalue weighted by Gasteiger charge is 2.06. The van der Waals surface area contributed by atoms with Crippen molar-refractivity contribution in [3.8, 4) is 5.75 Å². The van der Waals surface area contributed by atoms with Gasteiger partial charge in [0.2, 0.25) is 0 Å². The third-order valence-corrected chi connectivity index (χ3v) is 2.37.